The number of hydrogen-bond donors (Lipinski definition) is 2. The average Bonchev–Trinajstić information content (AvgIpc) is 2.75. The summed E-state index contributed by atoms with van der Waals surface area (Å²) in [5.74, 6) is -0.853. The number of anilines is 1. The zero-order chi connectivity index (χ0) is 16.8. The molecule has 1 saturated heterocycles. The van der Waals surface area contributed by atoms with E-state index in [2.05, 4.69) is 12.2 Å². The number of halogens is 1. The van der Waals surface area contributed by atoms with E-state index in [-0.39, 0.29) is 11.6 Å². The monoisotopic (exact) mass is 321 g/mol. The third-order valence-corrected chi connectivity index (χ3v) is 4.31. The molecule has 0 aliphatic carbocycles. The number of nitrogens with zero attached hydrogens (tertiary/aromatic N) is 1. The molecule has 3 amide bonds. The van der Waals surface area contributed by atoms with Crippen molar-refractivity contribution in [3.05, 3.63) is 29.6 Å². The second-order valence-corrected chi connectivity index (χ2v) is 6.06. The minimum Gasteiger partial charge on any atom is -0.366 e. The van der Waals surface area contributed by atoms with Crippen molar-refractivity contribution in [3.8, 4) is 0 Å². The molecule has 0 aromatic heterocycles. The Morgan fingerprint density at radius 1 is 1.35 bits per heavy atom. The molecule has 126 valence electrons. The van der Waals surface area contributed by atoms with Crippen LogP contribution in [-0.4, -0.2) is 29.9 Å². The van der Waals surface area contributed by atoms with Gasteiger partial charge in [0, 0.05) is 18.8 Å². The lowest BCUT2D eigenvalue weighted by Gasteiger charge is -2.21. The molecular formula is C17H24FN3O2. The van der Waals surface area contributed by atoms with Gasteiger partial charge in [0.25, 0.3) is 5.91 Å². The Bertz CT molecular complexity index is 577. The molecule has 6 heteroatoms. The molecule has 0 saturated carbocycles. The van der Waals surface area contributed by atoms with E-state index in [1.54, 1.807) is 4.90 Å². The van der Waals surface area contributed by atoms with Gasteiger partial charge in [-0.25, -0.2) is 9.18 Å². The number of nitrogens with one attached hydrogen (secondary N) is 1. The molecule has 0 radical (unpaired) electrons. The first kappa shape index (κ1) is 17.2. The van der Waals surface area contributed by atoms with Gasteiger partial charge in [-0.1, -0.05) is 19.8 Å². The molecule has 2 rings (SSSR count). The van der Waals surface area contributed by atoms with Gasteiger partial charge in [0.05, 0.1) is 5.56 Å². The lowest BCUT2D eigenvalue weighted by atomic mass is 9.96. The summed E-state index contributed by atoms with van der Waals surface area (Å²) in [5, 5.41) is 2.72. The summed E-state index contributed by atoms with van der Waals surface area (Å²) < 4.78 is 13.5. The summed E-state index contributed by atoms with van der Waals surface area (Å²) in [6.07, 6.45) is 5.53. The fourth-order valence-corrected chi connectivity index (χ4v) is 3.06. The smallest absolute Gasteiger partial charge is 0.321 e. The second kappa shape index (κ2) is 7.94. The van der Waals surface area contributed by atoms with Crippen molar-refractivity contribution in [1.29, 1.82) is 0 Å². The molecule has 5 nitrogen and oxygen atoms in total. The van der Waals surface area contributed by atoms with Crippen molar-refractivity contribution in [2.75, 3.05) is 18.4 Å². The van der Waals surface area contributed by atoms with Gasteiger partial charge in [-0.2, -0.15) is 0 Å². The van der Waals surface area contributed by atoms with Gasteiger partial charge in [-0.15, -0.1) is 0 Å². The van der Waals surface area contributed by atoms with Crippen LogP contribution in [0.15, 0.2) is 18.2 Å². The Hall–Kier alpha value is -2.11. The van der Waals surface area contributed by atoms with Crippen LogP contribution in [0, 0.1) is 11.7 Å². The summed E-state index contributed by atoms with van der Waals surface area (Å²) in [6, 6.07) is 3.62. The molecule has 1 aliphatic rings. The second-order valence-electron chi connectivity index (χ2n) is 6.06. The molecule has 0 spiro atoms. The maximum absolute atomic E-state index is 13.5. The Balaban J connectivity index is 1.99. The van der Waals surface area contributed by atoms with E-state index in [1.807, 2.05) is 0 Å². The van der Waals surface area contributed by atoms with Crippen LogP contribution in [0.1, 0.15) is 49.4 Å². The van der Waals surface area contributed by atoms with E-state index >= 15 is 0 Å². The third kappa shape index (κ3) is 4.68. The number of urea groups is 1. The first-order valence-electron chi connectivity index (χ1n) is 8.16. The van der Waals surface area contributed by atoms with E-state index in [4.69, 9.17) is 5.73 Å². The molecule has 1 aromatic rings. The number of benzene rings is 1. The summed E-state index contributed by atoms with van der Waals surface area (Å²) in [4.78, 5) is 25.3. The van der Waals surface area contributed by atoms with Crippen molar-refractivity contribution >= 4 is 17.6 Å². The maximum atomic E-state index is 13.5. The van der Waals surface area contributed by atoms with Crippen LogP contribution in [0.4, 0.5) is 14.9 Å². The molecule has 1 heterocycles. The highest BCUT2D eigenvalue weighted by molar-refractivity contribution is 5.96. The van der Waals surface area contributed by atoms with Gasteiger partial charge in [0.1, 0.15) is 5.82 Å². The van der Waals surface area contributed by atoms with Crippen molar-refractivity contribution in [1.82, 2.24) is 4.90 Å². The molecule has 3 N–H and O–H groups in total. The normalized spacial score (nSPS) is 18.3. The van der Waals surface area contributed by atoms with Crippen LogP contribution in [0.2, 0.25) is 0 Å². The number of nitrogens with two attached hydrogens (primary N) is 1. The van der Waals surface area contributed by atoms with Gasteiger partial charge in [0.2, 0.25) is 0 Å². The maximum Gasteiger partial charge on any atom is 0.321 e. The molecule has 1 unspecified atom stereocenters. The highest BCUT2D eigenvalue weighted by atomic mass is 19.1. The lowest BCUT2D eigenvalue weighted by molar-refractivity contribution is 0.0996. The standard InChI is InChI=1S/C17H24FN3O2/c1-2-4-12-5-3-9-21(10-8-12)17(23)20-13-6-7-15(18)14(11-13)16(19)22/h6-7,11-12H,2-5,8-10H2,1H3,(H2,19,22)(H,20,23). The number of amides is 3. The van der Waals surface area contributed by atoms with Crippen molar-refractivity contribution in [2.24, 2.45) is 11.7 Å². The highest BCUT2D eigenvalue weighted by Gasteiger charge is 2.20. The van der Waals surface area contributed by atoms with Gasteiger partial charge < -0.3 is 16.0 Å². The average molecular weight is 321 g/mol. The largest absolute Gasteiger partial charge is 0.366 e. The van der Waals surface area contributed by atoms with E-state index in [0.29, 0.717) is 11.6 Å². The van der Waals surface area contributed by atoms with Crippen LogP contribution < -0.4 is 11.1 Å². The Morgan fingerprint density at radius 3 is 2.83 bits per heavy atom. The third-order valence-electron chi connectivity index (χ3n) is 4.31. The fraction of sp³-hybridized carbons (Fsp3) is 0.529. The van der Waals surface area contributed by atoms with Crippen molar-refractivity contribution < 1.29 is 14.0 Å². The molecule has 23 heavy (non-hydrogen) atoms. The zero-order valence-corrected chi connectivity index (χ0v) is 13.5. The Labute approximate surface area is 136 Å². The minimum absolute atomic E-state index is 0.218. The number of likely N-dealkylation sites (tertiary alicyclic amines) is 1. The van der Waals surface area contributed by atoms with Gasteiger partial charge in [-0.05, 0) is 43.4 Å². The highest BCUT2D eigenvalue weighted by Crippen LogP contribution is 2.22. The molecule has 1 atom stereocenters. The van der Waals surface area contributed by atoms with Gasteiger partial charge in [-0.3, -0.25) is 4.79 Å². The Morgan fingerprint density at radius 2 is 2.13 bits per heavy atom. The molecule has 1 fully saturated rings. The van der Waals surface area contributed by atoms with Crippen LogP contribution in [0.25, 0.3) is 0 Å². The summed E-state index contributed by atoms with van der Waals surface area (Å²) in [6.45, 7) is 3.62. The predicted molar refractivity (Wildman–Crippen MR) is 87.8 cm³/mol. The lowest BCUT2D eigenvalue weighted by Crippen LogP contribution is -2.35. The number of carbonyl (C=O) groups excluding carboxylic acids is 2. The van der Waals surface area contributed by atoms with Crippen LogP contribution in [-0.2, 0) is 0 Å². The van der Waals surface area contributed by atoms with Gasteiger partial charge >= 0.3 is 6.03 Å². The minimum atomic E-state index is -0.851. The van der Waals surface area contributed by atoms with Crippen LogP contribution in [0.3, 0.4) is 0 Å². The Kier molecular flexibility index (Phi) is 5.96. The quantitative estimate of drug-likeness (QED) is 0.892. The molecular weight excluding hydrogens is 297 g/mol. The first-order valence-corrected chi connectivity index (χ1v) is 8.16. The first-order chi connectivity index (χ1) is 11.0. The number of hydrogen-bond acceptors (Lipinski definition) is 2. The van der Waals surface area contributed by atoms with Crippen LogP contribution >= 0.6 is 0 Å². The van der Waals surface area contributed by atoms with E-state index in [0.717, 1.165) is 38.4 Å². The summed E-state index contributed by atoms with van der Waals surface area (Å²) in [7, 11) is 0. The fourth-order valence-electron chi connectivity index (χ4n) is 3.06. The van der Waals surface area contributed by atoms with E-state index in [1.165, 1.54) is 25.0 Å². The molecule has 1 aliphatic heterocycles. The number of rotatable bonds is 4. The number of carbonyl (C=O) groups is 2. The topological polar surface area (TPSA) is 75.4 Å². The van der Waals surface area contributed by atoms with Crippen LogP contribution in [0.5, 0.6) is 0 Å². The van der Waals surface area contributed by atoms with Crippen molar-refractivity contribution in [2.45, 2.75) is 39.0 Å². The predicted octanol–water partition coefficient (Wildman–Crippen LogP) is 3.36. The zero-order valence-electron chi connectivity index (χ0n) is 13.5. The molecule has 1 aromatic carbocycles. The van der Waals surface area contributed by atoms with E-state index in [9.17, 15) is 14.0 Å². The summed E-state index contributed by atoms with van der Waals surface area (Å²) in [5.41, 5.74) is 5.27. The number of primary amides is 1. The van der Waals surface area contributed by atoms with E-state index < -0.39 is 11.7 Å². The van der Waals surface area contributed by atoms with Gasteiger partial charge in [0.15, 0.2) is 0 Å². The SMILES string of the molecule is CCCC1CCCN(C(=O)Nc2ccc(F)c(C(N)=O)c2)CC1. The molecule has 0 bridgehead atoms. The summed E-state index contributed by atoms with van der Waals surface area (Å²) >= 11 is 0. The van der Waals surface area contributed by atoms with Crippen molar-refractivity contribution in [3.63, 3.8) is 0 Å².